The average molecular weight is 322 g/mol. The molecule has 0 saturated carbocycles. The SMILES string of the molecule is COC(=O)Cc1cc2ccc(F)cc2c(Cc2ccccc2)c1C. The average Bonchev–Trinajstić information content (AvgIpc) is 2.60. The molecule has 0 saturated heterocycles. The fourth-order valence-corrected chi connectivity index (χ4v) is 3.05. The zero-order chi connectivity index (χ0) is 17.1. The molecule has 122 valence electrons. The molecule has 24 heavy (non-hydrogen) atoms. The molecular formula is C21H19FO2. The molecule has 0 fully saturated rings. The number of ether oxygens (including phenoxy) is 1. The fourth-order valence-electron chi connectivity index (χ4n) is 3.05. The summed E-state index contributed by atoms with van der Waals surface area (Å²) in [5.74, 6) is -0.526. The summed E-state index contributed by atoms with van der Waals surface area (Å²) in [6, 6.07) is 16.8. The van der Waals surface area contributed by atoms with Crippen LogP contribution in [0.4, 0.5) is 4.39 Å². The quantitative estimate of drug-likeness (QED) is 0.657. The second-order valence-electron chi connectivity index (χ2n) is 5.92. The number of carbonyl (C=O) groups excluding carboxylic acids is 1. The lowest BCUT2D eigenvalue weighted by molar-refractivity contribution is -0.139. The summed E-state index contributed by atoms with van der Waals surface area (Å²) in [5, 5.41) is 1.83. The maximum absolute atomic E-state index is 13.8. The van der Waals surface area contributed by atoms with Crippen molar-refractivity contribution in [1.82, 2.24) is 0 Å². The van der Waals surface area contributed by atoms with Crippen LogP contribution in [0, 0.1) is 12.7 Å². The predicted molar refractivity (Wildman–Crippen MR) is 93.6 cm³/mol. The van der Waals surface area contributed by atoms with Crippen LogP contribution in [0.1, 0.15) is 22.3 Å². The van der Waals surface area contributed by atoms with Gasteiger partial charge in [0, 0.05) is 0 Å². The molecule has 0 bridgehead atoms. The lowest BCUT2D eigenvalue weighted by Gasteiger charge is -2.15. The molecule has 0 unspecified atom stereocenters. The third-order valence-corrected chi connectivity index (χ3v) is 4.39. The van der Waals surface area contributed by atoms with Gasteiger partial charge in [0.15, 0.2) is 0 Å². The minimum atomic E-state index is -0.273. The van der Waals surface area contributed by atoms with Gasteiger partial charge >= 0.3 is 5.97 Å². The number of carbonyl (C=O) groups is 1. The number of fused-ring (bicyclic) bond motifs is 1. The Morgan fingerprint density at radius 3 is 2.54 bits per heavy atom. The highest BCUT2D eigenvalue weighted by Crippen LogP contribution is 2.29. The smallest absolute Gasteiger partial charge is 0.309 e. The Balaban J connectivity index is 2.17. The minimum absolute atomic E-state index is 0.220. The highest BCUT2D eigenvalue weighted by molar-refractivity contribution is 5.89. The second-order valence-corrected chi connectivity index (χ2v) is 5.92. The molecule has 0 N–H and O–H groups in total. The van der Waals surface area contributed by atoms with E-state index in [1.165, 1.54) is 13.2 Å². The van der Waals surface area contributed by atoms with Crippen molar-refractivity contribution in [2.45, 2.75) is 19.8 Å². The Labute approximate surface area is 140 Å². The maximum Gasteiger partial charge on any atom is 0.309 e. The van der Waals surface area contributed by atoms with E-state index in [-0.39, 0.29) is 18.2 Å². The molecule has 0 aliphatic rings. The van der Waals surface area contributed by atoms with Crippen LogP contribution in [-0.4, -0.2) is 13.1 Å². The van der Waals surface area contributed by atoms with Crippen LogP contribution >= 0.6 is 0 Å². The summed E-state index contributed by atoms with van der Waals surface area (Å²) in [5.41, 5.74) is 4.15. The van der Waals surface area contributed by atoms with E-state index in [1.54, 1.807) is 12.1 Å². The van der Waals surface area contributed by atoms with Crippen LogP contribution in [0.15, 0.2) is 54.6 Å². The number of benzene rings is 3. The number of methoxy groups -OCH3 is 1. The van der Waals surface area contributed by atoms with Crippen molar-refractivity contribution in [1.29, 1.82) is 0 Å². The van der Waals surface area contributed by atoms with E-state index in [4.69, 9.17) is 4.74 Å². The molecule has 3 aromatic carbocycles. The summed E-state index contributed by atoms with van der Waals surface area (Å²) in [7, 11) is 1.39. The van der Waals surface area contributed by atoms with E-state index >= 15 is 0 Å². The molecule has 3 aromatic rings. The molecule has 0 aromatic heterocycles. The number of esters is 1. The Hall–Kier alpha value is -2.68. The molecule has 3 heteroatoms. The molecule has 0 amide bonds. The van der Waals surface area contributed by atoms with Crippen molar-refractivity contribution in [3.63, 3.8) is 0 Å². The van der Waals surface area contributed by atoms with E-state index in [0.717, 1.165) is 33.0 Å². The second kappa shape index (κ2) is 6.83. The summed E-state index contributed by atoms with van der Waals surface area (Å²) >= 11 is 0. The standard InChI is InChI=1S/C21H19FO2/c1-14-17(12-21(23)24-2)11-16-8-9-18(22)13-20(16)19(14)10-15-6-4-3-5-7-15/h3-9,11,13H,10,12H2,1-2H3. The fraction of sp³-hybridized carbons (Fsp3) is 0.190. The van der Waals surface area contributed by atoms with Crippen molar-refractivity contribution in [3.05, 3.63) is 82.7 Å². The van der Waals surface area contributed by atoms with Crippen LogP contribution in [0.2, 0.25) is 0 Å². The summed E-state index contributed by atoms with van der Waals surface area (Å²) in [4.78, 5) is 11.7. The summed E-state index contributed by atoms with van der Waals surface area (Å²) < 4.78 is 18.6. The number of hydrogen-bond donors (Lipinski definition) is 0. The van der Waals surface area contributed by atoms with Gasteiger partial charge in [-0.1, -0.05) is 42.5 Å². The Kier molecular flexibility index (Phi) is 4.61. The van der Waals surface area contributed by atoms with Gasteiger partial charge in [0.2, 0.25) is 0 Å². The molecule has 2 nitrogen and oxygen atoms in total. The first-order chi connectivity index (χ1) is 11.6. The molecule has 0 aliphatic heterocycles. The van der Waals surface area contributed by atoms with Crippen LogP contribution in [0.3, 0.4) is 0 Å². The Morgan fingerprint density at radius 2 is 1.83 bits per heavy atom. The van der Waals surface area contributed by atoms with Crippen molar-refractivity contribution in [3.8, 4) is 0 Å². The van der Waals surface area contributed by atoms with Crippen LogP contribution < -0.4 is 0 Å². The van der Waals surface area contributed by atoms with Crippen LogP contribution in [-0.2, 0) is 22.4 Å². The molecule has 0 heterocycles. The van der Waals surface area contributed by atoms with Gasteiger partial charge in [-0.05, 0) is 58.5 Å². The normalized spacial score (nSPS) is 10.8. The first kappa shape index (κ1) is 16.2. The topological polar surface area (TPSA) is 26.3 Å². The van der Waals surface area contributed by atoms with Gasteiger partial charge in [0.1, 0.15) is 5.82 Å². The molecule has 0 spiro atoms. The first-order valence-corrected chi connectivity index (χ1v) is 7.90. The zero-order valence-corrected chi connectivity index (χ0v) is 13.8. The molecule has 0 radical (unpaired) electrons. The maximum atomic E-state index is 13.8. The lowest BCUT2D eigenvalue weighted by Crippen LogP contribution is -2.08. The highest BCUT2D eigenvalue weighted by atomic mass is 19.1. The van der Waals surface area contributed by atoms with Crippen molar-refractivity contribution >= 4 is 16.7 Å². The Bertz CT molecular complexity index is 885. The minimum Gasteiger partial charge on any atom is -0.469 e. The zero-order valence-electron chi connectivity index (χ0n) is 13.8. The van der Waals surface area contributed by atoms with E-state index in [2.05, 4.69) is 12.1 Å². The Morgan fingerprint density at radius 1 is 1.08 bits per heavy atom. The molecular weight excluding hydrogens is 303 g/mol. The number of rotatable bonds is 4. The third-order valence-electron chi connectivity index (χ3n) is 4.39. The lowest BCUT2D eigenvalue weighted by atomic mass is 9.90. The van der Waals surface area contributed by atoms with Gasteiger partial charge < -0.3 is 4.74 Å². The predicted octanol–water partition coefficient (Wildman–Crippen LogP) is 4.59. The molecule has 0 atom stereocenters. The van der Waals surface area contributed by atoms with E-state index in [0.29, 0.717) is 6.42 Å². The molecule has 0 aliphatic carbocycles. The number of halogens is 1. The highest BCUT2D eigenvalue weighted by Gasteiger charge is 2.14. The van der Waals surface area contributed by atoms with Crippen LogP contribution in [0.5, 0.6) is 0 Å². The van der Waals surface area contributed by atoms with Crippen molar-refractivity contribution in [2.24, 2.45) is 0 Å². The van der Waals surface area contributed by atoms with Crippen molar-refractivity contribution < 1.29 is 13.9 Å². The summed E-state index contributed by atoms with van der Waals surface area (Å²) in [6.07, 6.45) is 0.916. The molecule has 3 rings (SSSR count). The van der Waals surface area contributed by atoms with E-state index < -0.39 is 0 Å². The van der Waals surface area contributed by atoms with Gasteiger partial charge in [-0.25, -0.2) is 4.39 Å². The van der Waals surface area contributed by atoms with Gasteiger partial charge in [-0.15, -0.1) is 0 Å². The van der Waals surface area contributed by atoms with Gasteiger partial charge in [-0.2, -0.15) is 0 Å². The third kappa shape index (κ3) is 3.30. The van der Waals surface area contributed by atoms with Gasteiger partial charge in [-0.3, -0.25) is 4.79 Å². The number of hydrogen-bond acceptors (Lipinski definition) is 2. The largest absolute Gasteiger partial charge is 0.469 e. The summed E-state index contributed by atoms with van der Waals surface area (Å²) in [6.45, 7) is 1.99. The first-order valence-electron chi connectivity index (χ1n) is 7.90. The van der Waals surface area contributed by atoms with Gasteiger partial charge in [0.25, 0.3) is 0 Å². The van der Waals surface area contributed by atoms with Crippen molar-refractivity contribution in [2.75, 3.05) is 7.11 Å². The van der Waals surface area contributed by atoms with E-state index in [9.17, 15) is 9.18 Å². The van der Waals surface area contributed by atoms with Gasteiger partial charge in [0.05, 0.1) is 13.5 Å². The van der Waals surface area contributed by atoms with Crippen LogP contribution in [0.25, 0.3) is 10.8 Å². The monoisotopic (exact) mass is 322 g/mol. The van der Waals surface area contributed by atoms with E-state index in [1.807, 2.05) is 31.2 Å².